The van der Waals surface area contributed by atoms with Gasteiger partial charge in [-0.2, -0.15) is 0 Å². The number of ether oxygens (including phenoxy) is 4. The zero-order chi connectivity index (χ0) is 22.5. The molecule has 6 nitrogen and oxygen atoms in total. The van der Waals surface area contributed by atoms with Crippen LogP contribution in [0.3, 0.4) is 0 Å². The molecule has 1 heterocycles. The van der Waals surface area contributed by atoms with Gasteiger partial charge in [0, 0.05) is 23.1 Å². The summed E-state index contributed by atoms with van der Waals surface area (Å²) in [7, 11) is 4.88. The van der Waals surface area contributed by atoms with Crippen molar-refractivity contribution in [2.24, 2.45) is 4.99 Å². The molecule has 0 amide bonds. The van der Waals surface area contributed by atoms with Crippen LogP contribution in [0, 0.1) is 0 Å². The SMILES string of the molecule is CCOc1ccc2oc(-c3ccc(OC)cc3)cc(=Nc3ccc(OC)cc3OC)c2c1. The van der Waals surface area contributed by atoms with Gasteiger partial charge in [0.25, 0.3) is 0 Å². The molecule has 0 unspecified atom stereocenters. The van der Waals surface area contributed by atoms with Crippen molar-refractivity contribution in [1.29, 1.82) is 0 Å². The highest BCUT2D eigenvalue weighted by Crippen LogP contribution is 2.32. The van der Waals surface area contributed by atoms with E-state index in [1.807, 2.05) is 73.7 Å². The van der Waals surface area contributed by atoms with E-state index in [0.29, 0.717) is 35.1 Å². The predicted octanol–water partition coefficient (Wildman–Crippen LogP) is 5.76. The number of benzene rings is 3. The summed E-state index contributed by atoms with van der Waals surface area (Å²) in [6, 6.07) is 20.9. The Balaban J connectivity index is 1.95. The van der Waals surface area contributed by atoms with Gasteiger partial charge in [-0.15, -0.1) is 0 Å². The highest BCUT2D eigenvalue weighted by Gasteiger charge is 2.10. The maximum absolute atomic E-state index is 6.22. The minimum Gasteiger partial charge on any atom is -0.497 e. The van der Waals surface area contributed by atoms with Crippen molar-refractivity contribution in [3.05, 3.63) is 72.1 Å². The first kappa shape index (κ1) is 21.3. The quantitative estimate of drug-likeness (QED) is 0.372. The van der Waals surface area contributed by atoms with Crippen LogP contribution in [0.15, 0.2) is 76.1 Å². The summed E-state index contributed by atoms with van der Waals surface area (Å²) >= 11 is 0. The van der Waals surface area contributed by atoms with Crippen LogP contribution >= 0.6 is 0 Å². The molecule has 0 aliphatic rings. The smallest absolute Gasteiger partial charge is 0.148 e. The maximum Gasteiger partial charge on any atom is 0.148 e. The van der Waals surface area contributed by atoms with Crippen LogP contribution in [-0.2, 0) is 0 Å². The Kier molecular flexibility index (Phi) is 6.31. The Morgan fingerprint density at radius 3 is 2.16 bits per heavy atom. The standard InChI is InChI=1S/C26H25NO5/c1-5-31-20-11-13-24-21(14-20)23(27-22-12-10-19(29-3)15-26(22)30-4)16-25(32-24)17-6-8-18(28-2)9-7-17/h6-16H,5H2,1-4H3. The molecule has 0 saturated heterocycles. The first-order chi connectivity index (χ1) is 15.6. The lowest BCUT2D eigenvalue weighted by Gasteiger charge is -2.10. The summed E-state index contributed by atoms with van der Waals surface area (Å²) < 4.78 is 28.0. The molecule has 0 N–H and O–H groups in total. The van der Waals surface area contributed by atoms with Crippen molar-refractivity contribution < 1.29 is 23.4 Å². The summed E-state index contributed by atoms with van der Waals surface area (Å²) in [5, 5.41) is 1.58. The zero-order valence-corrected chi connectivity index (χ0v) is 18.5. The Labute approximate surface area is 186 Å². The average molecular weight is 431 g/mol. The molecule has 0 atom stereocenters. The van der Waals surface area contributed by atoms with Crippen molar-refractivity contribution in [2.75, 3.05) is 27.9 Å². The van der Waals surface area contributed by atoms with Crippen molar-refractivity contribution in [3.63, 3.8) is 0 Å². The van der Waals surface area contributed by atoms with E-state index >= 15 is 0 Å². The third-order valence-electron chi connectivity index (χ3n) is 5.03. The van der Waals surface area contributed by atoms with Crippen molar-refractivity contribution in [3.8, 4) is 34.3 Å². The molecule has 0 spiro atoms. The van der Waals surface area contributed by atoms with E-state index in [2.05, 4.69) is 0 Å². The van der Waals surface area contributed by atoms with Crippen molar-refractivity contribution >= 4 is 16.7 Å². The minimum atomic E-state index is 0.575. The Bertz CT molecular complexity index is 1290. The lowest BCUT2D eigenvalue weighted by Crippen LogP contribution is -2.04. The first-order valence-electron chi connectivity index (χ1n) is 10.3. The third-order valence-corrected chi connectivity index (χ3v) is 5.03. The normalized spacial score (nSPS) is 11.4. The summed E-state index contributed by atoms with van der Waals surface area (Å²) in [5.41, 5.74) is 2.30. The highest BCUT2D eigenvalue weighted by molar-refractivity contribution is 5.80. The van der Waals surface area contributed by atoms with E-state index in [4.69, 9.17) is 28.4 Å². The molecule has 0 bridgehead atoms. The van der Waals surface area contributed by atoms with Gasteiger partial charge < -0.3 is 23.4 Å². The van der Waals surface area contributed by atoms with E-state index in [-0.39, 0.29) is 0 Å². The molecule has 3 aromatic carbocycles. The van der Waals surface area contributed by atoms with Crippen LogP contribution in [0.2, 0.25) is 0 Å². The van der Waals surface area contributed by atoms with Gasteiger partial charge >= 0.3 is 0 Å². The lowest BCUT2D eigenvalue weighted by molar-refractivity contribution is 0.340. The van der Waals surface area contributed by atoms with Gasteiger partial charge in [0.05, 0.1) is 33.3 Å². The molecule has 0 radical (unpaired) electrons. The summed E-state index contributed by atoms with van der Waals surface area (Å²) in [5.74, 6) is 3.54. The van der Waals surface area contributed by atoms with Crippen molar-refractivity contribution in [2.45, 2.75) is 6.92 Å². The van der Waals surface area contributed by atoms with E-state index < -0.39 is 0 Å². The first-order valence-corrected chi connectivity index (χ1v) is 10.3. The lowest BCUT2D eigenvalue weighted by atomic mass is 10.1. The molecule has 6 heteroatoms. The fourth-order valence-corrected chi connectivity index (χ4v) is 3.40. The fourth-order valence-electron chi connectivity index (χ4n) is 3.40. The molecule has 164 valence electrons. The monoisotopic (exact) mass is 431 g/mol. The Morgan fingerprint density at radius 2 is 1.47 bits per heavy atom. The second-order valence-electron chi connectivity index (χ2n) is 6.96. The topological polar surface area (TPSA) is 62.4 Å². The summed E-state index contributed by atoms with van der Waals surface area (Å²) in [6.45, 7) is 2.53. The molecule has 0 fully saturated rings. The molecular weight excluding hydrogens is 406 g/mol. The molecule has 0 aliphatic carbocycles. The molecule has 1 aromatic heterocycles. The average Bonchev–Trinajstić information content (AvgIpc) is 2.84. The minimum absolute atomic E-state index is 0.575. The number of hydrogen-bond acceptors (Lipinski definition) is 6. The van der Waals surface area contributed by atoms with Crippen LogP contribution in [0.25, 0.3) is 22.3 Å². The van der Waals surface area contributed by atoms with Gasteiger partial charge in [-0.25, -0.2) is 4.99 Å². The molecular formula is C26H25NO5. The van der Waals surface area contributed by atoms with E-state index in [1.165, 1.54) is 0 Å². The van der Waals surface area contributed by atoms with Crippen LogP contribution in [-0.4, -0.2) is 27.9 Å². The van der Waals surface area contributed by atoms with Gasteiger partial charge in [0.2, 0.25) is 0 Å². The van der Waals surface area contributed by atoms with E-state index in [1.54, 1.807) is 21.3 Å². The van der Waals surface area contributed by atoms with E-state index in [0.717, 1.165) is 27.8 Å². The predicted molar refractivity (Wildman–Crippen MR) is 124 cm³/mol. The van der Waals surface area contributed by atoms with Gasteiger partial charge in [0.1, 0.15) is 40.0 Å². The molecule has 0 aliphatic heterocycles. The van der Waals surface area contributed by atoms with E-state index in [9.17, 15) is 0 Å². The molecule has 32 heavy (non-hydrogen) atoms. The second-order valence-corrected chi connectivity index (χ2v) is 6.96. The van der Waals surface area contributed by atoms with Crippen LogP contribution < -0.4 is 24.3 Å². The largest absolute Gasteiger partial charge is 0.497 e. The molecule has 4 rings (SSSR count). The van der Waals surface area contributed by atoms with Gasteiger partial charge in [0.15, 0.2) is 0 Å². The van der Waals surface area contributed by atoms with Gasteiger partial charge in [-0.1, -0.05) is 0 Å². The van der Waals surface area contributed by atoms with Gasteiger partial charge in [-0.3, -0.25) is 0 Å². The Hall–Kier alpha value is -3.93. The van der Waals surface area contributed by atoms with Crippen LogP contribution in [0.4, 0.5) is 5.69 Å². The Morgan fingerprint density at radius 1 is 0.750 bits per heavy atom. The second kappa shape index (κ2) is 9.47. The highest BCUT2D eigenvalue weighted by atomic mass is 16.5. The van der Waals surface area contributed by atoms with Crippen LogP contribution in [0.1, 0.15) is 6.92 Å². The van der Waals surface area contributed by atoms with Gasteiger partial charge in [-0.05, 0) is 61.5 Å². The summed E-state index contributed by atoms with van der Waals surface area (Å²) in [4.78, 5) is 4.92. The molecule has 0 saturated carbocycles. The third kappa shape index (κ3) is 4.39. The molecule has 4 aromatic rings. The fraction of sp³-hybridized carbons (Fsp3) is 0.192. The zero-order valence-electron chi connectivity index (χ0n) is 18.5. The number of hydrogen-bond donors (Lipinski definition) is 0. The number of rotatable bonds is 7. The summed E-state index contributed by atoms with van der Waals surface area (Å²) in [6.07, 6.45) is 0. The number of nitrogens with zero attached hydrogens (tertiary/aromatic N) is 1. The number of fused-ring (bicyclic) bond motifs is 1. The van der Waals surface area contributed by atoms with Crippen molar-refractivity contribution in [1.82, 2.24) is 0 Å². The maximum atomic E-state index is 6.22. The van der Waals surface area contributed by atoms with Crippen LogP contribution in [0.5, 0.6) is 23.0 Å². The number of methoxy groups -OCH3 is 3.